The molecule has 0 spiro atoms. The molecule has 5 rings (SSSR count). The molecule has 0 aromatic carbocycles. The highest BCUT2D eigenvalue weighted by Gasteiger charge is 2.22. The lowest BCUT2D eigenvalue weighted by atomic mass is 10.1. The van der Waals surface area contributed by atoms with E-state index < -0.39 is 0 Å². The van der Waals surface area contributed by atoms with Gasteiger partial charge in [-0.3, -0.25) is 14.0 Å². The molecule has 1 aliphatic carbocycles. The summed E-state index contributed by atoms with van der Waals surface area (Å²) in [5.74, 6) is 1.39. The third-order valence-corrected chi connectivity index (χ3v) is 5.80. The Bertz CT molecular complexity index is 1170. The van der Waals surface area contributed by atoms with E-state index in [1.54, 1.807) is 10.8 Å². The van der Waals surface area contributed by atoms with E-state index in [1.807, 2.05) is 10.9 Å². The van der Waals surface area contributed by atoms with Crippen molar-refractivity contribution in [2.75, 3.05) is 18.0 Å². The SMILES string of the molecule is CCCn1c(N2CCCC2)nc2nc(-c3cnn(CC4=CC=CCC4)c3)[nH]c2c1=O. The largest absolute Gasteiger partial charge is 0.342 e. The Hall–Kier alpha value is -3.16. The third-order valence-electron chi connectivity index (χ3n) is 5.80. The van der Waals surface area contributed by atoms with Crippen molar-refractivity contribution in [3.63, 3.8) is 0 Å². The molecule has 2 aliphatic rings. The van der Waals surface area contributed by atoms with Gasteiger partial charge in [-0.25, -0.2) is 4.98 Å². The first-order chi connectivity index (χ1) is 14.7. The number of fused-ring (bicyclic) bond motifs is 1. The number of allylic oxidation sites excluding steroid dienone is 4. The van der Waals surface area contributed by atoms with E-state index in [0.29, 0.717) is 23.5 Å². The number of hydrogen-bond donors (Lipinski definition) is 1. The second kappa shape index (κ2) is 7.93. The number of aromatic amines is 1. The standard InChI is InChI=1S/C22H27N7O/c1-2-10-29-21(30)18-20(26-22(29)27-11-6-7-12-27)25-19(24-18)17-13-23-28(15-17)14-16-8-4-3-5-9-16/h3-4,8,13,15H,2,5-7,9-12,14H2,1H3,(H,24,25). The number of anilines is 1. The molecule has 0 bridgehead atoms. The molecule has 8 nitrogen and oxygen atoms in total. The van der Waals surface area contributed by atoms with E-state index in [1.165, 1.54) is 5.57 Å². The molecule has 1 fully saturated rings. The number of H-pyrrole nitrogens is 1. The van der Waals surface area contributed by atoms with Crippen molar-refractivity contribution in [3.05, 3.63) is 46.5 Å². The smallest absolute Gasteiger partial charge is 0.280 e. The molecule has 0 radical (unpaired) electrons. The van der Waals surface area contributed by atoms with E-state index in [2.05, 4.69) is 45.1 Å². The molecule has 4 heterocycles. The molecule has 0 unspecified atom stereocenters. The summed E-state index contributed by atoms with van der Waals surface area (Å²) in [5, 5.41) is 4.49. The molecular formula is C22H27N7O. The van der Waals surface area contributed by atoms with Crippen LogP contribution in [0.5, 0.6) is 0 Å². The Labute approximate surface area is 174 Å². The Morgan fingerprint density at radius 3 is 2.83 bits per heavy atom. The van der Waals surface area contributed by atoms with Crippen LogP contribution >= 0.6 is 0 Å². The molecule has 3 aromatic rings. The fraction of sp³-hybridized carbons (Fsp3) is 0.455. The summed E-state index contributed by atoms with van der Waals surface area (Å²) < 4.78 is 3.72. The molecule has 1 N–H and O–H groups in total. The highest BCUT2D eigenvalue weighted by atomic mass is 16.1. The molecule has 1 saturated heterocycles. The minimum Gasteiger partial charge on any atom is -0.342 e. The molecule has 0 amide bonds. The average Bonchev–Trinajstić information content (AvgIpc) is 3.51. The van der Waals surface area contributed by atoms with E-state index in [0.717, 1.165) is 63.3 Å². The number of imidazole rings is 1. The summed E-state index contributed by atoms with van der Waals surface area (Å²) in [6, 6.07) is 0. The zero-order valence-electron chi connectivity index (χ0n) is 17.3. The van der Waals surface area contributed by atoms with Crippen LogP contribution in [0.2, 0.25) is 0 Å². The summed E-state index contributed by atoms with van der Waals surface area (Å²) >= 11 is 0. The van der Waals surface area contributed by atoms with Crippen molar-refractivity contribution in [2.24, 2.45) is 0 Å². The maximum atomic E-state index is 13.2. The summed E-state index contributed by atoms with van der Waals surface area (Å²) in [4.78, 5) is 28.0. The Morgan fingerprint density at radius 2 is 2.07 bits per heavy atom. The van der Waals surface area contributed by atoms with Gasteiger partial charge < -0.3 is 9.88 Å². The van der Waals surface area contributed by atoms with Gasteiger partial charge in [-0.2, -0.15) is 10.1 Å². The topological polar surface area (TPSA) is 84.6 Å². The van der Waals surface area contributed by atoms with Gasteiger partial charge in [0, 0.05) is 25.8 Å². The van der Waals surface area contributed by atoms with Crippen LogP contribution in [0.25, 0.3) is 22.6 Å². The van der Waals surface area contributed by atoms with Crippen LogP contribution in [-0.4, -0.2) is 42.4 Å². The zero-order chi connectivity index (χ0) is 20.5. The number of nitrogens with zero attached hydrogens (tertiary/aromatic N) is 6. The summed E-state index contributed by atoms with van der Waals surface area (Å²) in [7, 11) is 0. The summed E-state index contributed by atoms with van der Waals surface area (Å²) in [5.41, 5.74) is 3.13. The van der Waals surface area contributed by atoms with Crippen molar-refractivity contribution in [2.45, 2.75) is 52.1 Å². The van der Waals surface area contributed by atoms with E-state index >= 15 is 0 Å². The minimum absolute atomic E-state index is 0.0472. The van der Waals surface area contributed by atoms with Gasteiger partial charge in [0.15, 0.2) is 11.2 Å². The maximum Gasteiger partial charge on any atom is 0.280 e. The number of rotatable bonds is 6. The van der Waals surface area contributed by atoms with Crippen LogP contribution in [0.3, 0.4) is 0 Å². The van der Waals surface area contributed by atoms with Gasteiger partial charge in [-0.15, -0.1) is 0 Å². The van der Waals surface area contributed by atoms with Gasteiger partial charge in [-0.1, -0.05) is 25.2 Å². The number of nitrogens with one attached hydrogen (secondary N) is 1. The van der Waals surface area contributed by atoms with Crippen molar-refractivity contribution < 1.29 is 0 Å². The van der Waals surface area contributed by atoms with Crippen molar-refractivity contribution in [3.8, 4) is 11.4 Å². The second-order valence-electron chi connectivity index (χ2n) is 8.07. The normalized spacial score (nSPS) is 16.6. The molecule has 1 aliphatic heterocycles. The molecule has 3 aromatic heterocycles. The van der Waals surface area contributed by atoms with Crippen LogP contribution in [0.15, 0.2) is 41.0 Å². The van der Waals surface area contributed by atoms with Crippen LogP contribution in [-0.2, 0) is 13.1 Å². The first-order valence-corrected chi connectivity index (χ1v) is 10.9. The third kappa shape index (κ3) is 3.46. The van der Waals surface area contributed by atoms with Gasteiger partial charge in [0.05, 0.1) is 18.3 Å². The Balaban J connectivity index is 1.50. The predicted molar refractivity (Wildman–Crippen MR) is 118 cm³/mol. The Kier molecular flexibility index (Phi) is 4.98. The maximum absolute atomic E-state index is 13.2. The van der Waals surface area contributed by atoms with Crippen LogP contribution in [0.1, 0.15) is 39.0 Å². The van der Waals surface area contributed by atoms with Gasteiger partial charge in [0.1, 0.15) is 5.82 Å². The van der Waals surface area contributed by atoms with Gasteiger partial charge in [-0.05, 0) is 37.7 Å². The van der Waals surface area contributed by atoms with Gasteiger partial charge in [0.2, 0.25) is 5.95 Å². The molecule has 8 heteroatoms. The summed E-state index contributed by atoms with van der Waals surface area (Å²) in [6.45, 7) is 5.39. The molecular weight excluding hydrogens is 378 g/mol. The predicted octanol–water partition coefficient (Wildman–Crippen LogP) is 3.27. The molecule has 0 saturated carbocycles. The lowest BCUT2D eigenvalue weighted by Crippen LogP contribution is -2.31. The lowest BCUT2D eigenvalue weighted by molar-refractivity contribution is 0.634. The molecule has 0 atom stereocenters. The molecule has 156 valence electrons. The number of aromatic nitrogens is 6. The quantitative estimate of drug-likeness (QED) is 0.680. The van der Waals surface area contributed by atoms with Crippen LogP contribution in [0.4, 0.5) is 5.95 Å². The second-order valence-corrected chi connectivity index (χ2v) is 8.07. The monoisotopic (exact) mass is 405 g/mol. The zero-order valence-corrected chi connectivity index (χ0v) is 17.3. The highest BCUT2D eigenvalue weighted by molar-refractivity contribution is 5.76. The van der Waals surface area contributed by atoms with Gasteiger partial charge >= 0.3 is 0 Å². The number of hydrogen-bond acceptors (Lipinski definition) is 5. The first kappa shape index (κ1) is 18.8. The van der Waals surface area contributed by atoms with Crippen LogP contribution in [0, 0.1) is 0 Å². The van der Waals surface area contributed by atoms with Gasteiger partial charge in [0.25, 0.3) is 5.56 Å². The van der Waals surface area contributed by atoms with E-state index in [4.69, 9.17) is 4.98 Å². The fourth-order valence-corrected chi connectivity index (χ4v) is 4.26. The fourth-order valence-electron chi connectivity index (χ4n) is 4.26. The lowest BCUT2D eigenvalue weighted by Gasteiger charge is -2.20. The first-order valence-electron chi connectivity index (χ1n) is 10.9. The minimum atomic E-state index is -0.0472. The van der Waals surface area contributed by atoms with Crippen molar-refractivity contribution >= 4 is 17.1 Å². The average molecular weight is 406 g/mol. The van der Waals surface area contributed by atoms with E-state index in [9.17, 15) is 4.79 Å². The highest BCUT2D eigenvalue weighted by Crippen LogP contribution is 2.23. The van der Waals surface area contributed by atoms with Crippen LogP contribution < -0.4 is 10.5 Å². The van der Waals surface area contributed by atoms with E-state index in [-0.39, 0.29) is 5.56 Å². The summed E-state index contributed by atoms with van der Waals surface area (Å²) in [6.07, 6.45) is 15.5. The molecule has 30 heavy (non-hydrogen) atoms. The van der Waals surface area contributed by atoms with Crippen molar-refractivity contribution in [1.82, 2.24) is 29.3 Å². The van der Waals surface area contributed by atoms with Crippen molar-refractivity contribution in [1.29, 1.82) is 0 Å². The Morgan fingerprint density at radius 1 is 1.20 bits per heavy atom.